The van der Waals surface area contributed by atoms with Gasteiger partial charge in [-0.15, -0.1) is 0 Å². The number of halogens is 2. The van der Waals surface area contributed by atoms with Gasteiger partial charge in [0, 0.05) is 29.8 Å². The molecule has 4 rings (SSSR count). The number of methoxy groups -OCH3 is 2. The molecule has 3 heterocycles. The van der Waals surface area contributed by atoms with E-state index >= 15 is 0 Å². The average Bonchev–Trinajstić information content (AvgIpc) is 2.94. The van der Waals surface area contributed by atoms with Gasteiger partial charge in [0.1, 0.15) is 22.7 Å². The van der Waals surface area contributed by atoms with Crippen LogP contribution in [0.1, 0.15) is 33.6 Å². The molecule has 1 atom stereocenters. The number of hydrogen-bond acceptors (Lipinski definition) is 9. The van der Waals surface area contributed by atoms with Gasteiger partial charge in [0.25, 0.3) is 5.56 Å². The van der Waals surface area contributed by atoms with Crippen LogP contribution in [-0.2, 0) is 16.0 Å². The molecule has 13 heteroatoms. The molecule has 41 heavy (non-hydrogen) atoms. The van der Waals surface area contributed by atoms with Crippen molar-refractivity contribution in [2.24, 2.45) is 0 Å². The highest BCUT2D eigenvalue weighted by molar-refractivity contribution is 7.98. The zero-order chi connectivity index (χ0) is 29.9. The first kappa shape index (κ1) is 31.2. The van der Waals surface area contributed by atoms with Gasteiger partial charge in [-0.2, -0.15) is 0 Å². The van der Waals surface area contributed by atoms with Crippen LogP contribution in [0.25, 0.3) is 22.2 Å². The number of thioether (sulfide) groups is 1. The summed E-state index contributed by atoms with van der Waals surface area (Å²) in [5, 5.41) is 1.52. The number of amides is 1. The molecular formula is C28H34Cl2N4O6S. The van der Waals surface area contributed by atoms with E-state index in [1.54, 1.807) is 27.8 Å². The van der Waals surface area contributed by atoms with Crippen molar-refractivity contribution in [3.8, 4) is 22.6 Å². The molecule has 3 aromatic rings. The van der Waals surface area contributed by atoms with E-state index in [1.807, 2.05) is 27.0 Å². The molecule has 1 unspecified atom stereocenters. The first-order valence-electron chi connectivity index (χ1n) is 13.1. The molecular weight excluding hydrogens is 591 g/mol. The molecule has 1 saturated heterocycles. The number of aromatic nitrogens is 3. The van der Waals surface area contributed by atoms with Crippen molar-refractivity contribution in [3.05, 3.63) is 38.7 Å². The third kappa shape index (κ3) is 7.02. The van der Waals surface area contributed by atoms with Crippen LogP contribution in [0.15, 0.2) is 28.3 Å². The van der Waals surface area contributed by atoms with Crippen molar-refractivity contribution in [2.75, 3.05) is 40.2 Å². The third-order valence-electron chi connectivity index (χ3n) is 6.53. The van der Waals surface area contributed by atoms with Gasteiger partial charge in [0.2, 0.25) is 0 Å². The van der Waals surface area contributed by atoms with Gasteiger partial charge in [0.15, 0.2) is 5.16 Å². The summed E-state index contributed by atoms with van der Waals surface area (Å²) in [5.74, 6) is 0.635. The van der Waals surface area contributed by atoms with Crippen LogP contribution in [0, 0.1) is 0 Å². The molecule has 1 fully saturated rings. The van der Waals surface area contributed by atoms with Crippen LogP contribution in [-0.4, -0.2) is 77.4 Å². The molecule has 0 N–H and O–H groups in total. The molecule has 222 valence electrons. The number of benzene rings is 1. The van der Waals surface area contributed by atoms with Crippen molar-refractivity contribution in [1.29, 1.82) is 0 Å². The fraction of sp³-hybridized carbons (Fsp3) is 0.500. The lowest BCUT2D eigenvalue weighted by Crippen LogP contribution is -2.45. The van der Waals surface area contributed by atoms with E-state index in [4.69, 9.17) is 42.1 Å². The van der Waals surface area contributed by atoms with Gasteiger partial charge in [-0.1, -0.05) is 35.0 Å². The molecule has 1 amide bonds. The van der Waals surface area contributed by atoms with E-state index in [9.17, 15) is 9.59 Å². The van der Waals surface area contributed by atoms with E-state index in [0.717, 1.165) is 12.8 Å². The van der Waals surface area contributed by atoms with Gasteiger partial charge in [-0.05, 0) is 45.9 Å². The van der Waals surface area contributed by atoms with Crippen LogP contribution in [0.4, 0.5) is 4.79 Å². The first-order valence-corrected chi connectivity index (χ1v) is 15.1. The SMILES string of the molecule is COc1cc(OC)c(Cl)c(-c2cc3cnc(SC)nc3n(CCOC3CCCN(C(=O)OC(C)(C)C)C3)c2=O)c1Cl. The summed E-state index contributed by atoms with van der Waals surface area (Å²) in [7, 11) is 2.95. The molecule has 2 aromatic heterocycles. The van der Waals surface area contributed by atoms with Crippen molar-refractivity contribution in [3.63, 3.8) is 0 Å². The van der Waals surface area contributed by atoms with Crippen molar-refractivity contribution in [1.82, 2.24) is 19.4 Å². The molecule has 0 bridgehead atoms. The number of piperidine rings is 1. The second-order valence-corrected chi connectivity index (χ2v) is 12.0. The van der Waals surface area contributed by atoms with E-state index in [0.29, 0.717) is 46.3 Å². The molecule has 0 saturated carbocycles. The summed E-state index contributed by atoms with van der Waals surface area (Å²) in [6.45, 7) is 6.96. The van der Waals surface area contributed by atoms with E-state index in [2.05, 4.69) is 9.97 Å². The number of carbonyl (C=O) groups excluding carboxylic acids is 1. The minimum Gasteiger partial charge on any atom is -0.495 e. The van der Waals surface area contributed by atoms with Crippen LogP contribution in [0.3, 0.4) is 0 Å². The lowest BCUT2D eigenvalue weighted by atomic mass is 10.0. The number of pyridine rings is 1. The third-order valence-corrected chi connectivity index (χ3v) is 7.84. The fourth-order valence-corrected chi connectivity index (χ4v) is 5.67. The fourth-order valence-electron chi connectivity index (χ4n) is 4.63. The monoisotopic (exact) mass is 624 g/mol. The van der Waals surface area contributed by atoms with Crippen molar-refractivity contribution < 1.29 is 23.7 Å². The number of ether oxygens (including phenoxy) is 4. The quantitative estimate of drug-likeness (QED) is 0.223. The number of carbonyl (C=O) groups is 1. The Morgan fingerprint density at radius 3 is 2.44 bits per heavy atom. The maximum atomic E-state index is 14.0. The maximum absolute atomic E-state index is 14.0. The number of rotatable bonds is 8. The Labute approximate surface area is 253 Å². The summed E-state index contributed by atoms with van der Waals surface area (Å²) >= 11 is 14.7. The summed E-state index contributed by atoms with van der Waals surface area (Å²) in [5.41, 5.74) is 0.0703. The van der Waals surface area contributed by atoms with Gasteiger partial charge in [0.05, 0.1) is 55.6 Å². The number of likely N-dealkylation sites (tertiary alicyclic amines) is 1. The van der Waals surface area contributed by atoms with Crippen LogP contribution < -0.4 is 15.0 Å². The van der Waals surface area contributed by atoms with Crippen molar-refractivity contribution >= 4 is 52.1 Å². The summed E-state index contributed by atoms with van der Waals surface area (Å²) in [6, 6.07) is 3.24. The minimum atomic E-state index is -0.575. The Bertz CT molecular complexity index is 1470. The molecule has 0 spiro atoms. The number of nitrogens with zero attached hydrogens (tertiary/aromatic N) is 4. The molecule has 10 nitrogen and oxygen atoms in total. The van der Waals surface area contributed by atoms with Gasteiger partial charge >= 0.3 is 6.09 Å². The Hall–Kier alpha value is -2.73. The minimum absolute atomic E-state index is 0.184. The first-order chi connectivity index (χ1) is 19.5. The van der Waals surface area contributed by atoms with E-state index < -0.39 is 5.60 Å². The Balaban J connectivity index is 1.67. The van der Waals surface area contributed by atoms with Gasteiger partial charge in [-0.25, -0.2) is 14.8 Å². The zero-order valence-electron chi connectivity index (χ0n) is 24.0. The number of hydrogen-bond donors (Lipinski definition) is 0. The van der Waals surface area contributed by atoms with Gasteiger partial charge < -0.3 is 23.8 Å². The Kier molecular flexibility index (Phi) is 9.94. The number of fused-ring (bicyclic) bond motifs is 1. The predicted molar refractivity (Wildman–Crippen MR) is 161 cm³/mol. The molecule has 1 aliphatic heterocycles. The summed E-state index contributed by atoms with van der Waals surface area (Å²) in [4.78, 5) is 37.3. The highest BCUT2D eigenvalue weighted by atomic mass is 35.5. The topological polar surface area (TPSA) is 105 Å². The van der Waals surface area contributed by atoms with Crippen LogP contribution >= 0.6 is 35.0 Å². The van der Waals surface area contributed by atoms with Crippen LogP contribution in [0.2, 0.25) is 10.0 Å². The van der Waals surface area contributed by atoms with E-state index in [1.165, 1.54) is 26.0 Å². The molecule has 1 aromatic carbocycles. The average molecular weight is 626 g/mol. The van der Waals surface area contributed by atoms with E-state index in [-0.39, 0.29) is 46.5 Å². The Morgan fingerprint density at radius 1 is 1.15 bits per heavy atom. The Morgan fingerprint density at radius 2 is 1.83 bits per heavy atom. The van der Waals surface area contributed by atoms with Gasteiger partial charge in [-0.3, -0.25) is 9.36 Å². The normalized spacial score (nSPS) is 15.7. The summed E-state index contributed by atoms with van der Waals surface area (Å²) < 4.78 is 24.1. The smallest absolute Gasteiger partial charge is 0.410 e. The standard InChI is InChI=1S/C28H34Cl2N4O6S/c1-28(2,3)40-27(36)33-9-7-8-17(15-33)39-11-10-34-24-16(14-31-26(32-24)41-6)12-18(25(34)35)21-22(29)19(37-4)13-20(38-5)23(21)30/h12-14,17H,7-11,15H2,1-6H3. The maximum Gasteiger partial charge on any atom is 0.410 e. The molecule has 0 aliphatic carbocycles. The molecule has 0 radical (unpaired) electrons. The zero-order valence-corrected chi connectivity index (χ0v) is 26.3. The lowest BCUT2D eigenvalue weighted by molar-refractivity contribution is -0.0219. The predicted octanol–water partition coefficient (Wildman–Crippen LogP) is 5.92. The molecule has 1 aliphatic rings. The lowest BCUT2D eigenvalue weighted by Gasteiger charge is -2.34. The largest absolute Gasteiger partial charge is 0.495 e. The highest BCUT2D eigenvalue weighted by Gasteiger charge is 2.28. The van der Waals surface area contributed by atoms with Crippen LogP contribution in [0.5, 0.6) is 11.5 Å². The summed E-state index contributed by atoms with van der Waals surface area (Å²) in [6.07, 6.45) is 4.56. The second-order valence-electron chi connectivity index (χ2n) is 10.5. The highest BCUT2D eigenvalue weighted by Crippen LogP contribution is 2.45. The second kappa shape index (κ2) is 13.1. The van der Waals surface area contributed by atoms with Crippen molar-refractivity contribution in [2.45, 2.75) is 57.0 Å².